The zero-order chi connectivity index (χ0) is 11.9. The van der Waals surface area contributed by atoms with Gasteiger partial charge in [-0.15, -0.1) is 0 Å². The number of nitrogens with zero attached hydrogens (tertiary/aromatic N) is 1. The van der Waals surface area contributed by atoms with Gasteiger partial charge < -0.3 is 10.3 Å². The number of hydrogen-bond donors (Lipinski definition) is 1. The molecular formula is C11H9FN2O2. The van der Waals surface area contributed by atoms with Crippen LogP contribution < -0.4 is 11.2 Å². The molecule has 0 aliphatic rings. The second-order valence-electron chi connectivity index (χ2n) is 3.51. The highest BCUT2D eigenvalue weighted by atomic mass is 19.1. The number of hydrogen-bond acceptors (Lipinski definition) is 2. The number of amides is 1. The fourth-order valence-electron chi connectivity index (χ4n) is 1.63. The molecule has 0 atom stereocenters. The molecule has 1 amide bonds. The SMILES string of the molecule is Cn1cc(C(N)=O)c(=O)c2ccc(F)cc21. The average molecular weight is 220 g/mol. The molecule has 1 heterocycles. The number of aromatic nitrogens is 1. The molecular weight excluding hydrogens is 211 g/mol. The molecule has 2 N–H and O–H groups in total. The van der Waals surface area contributed by atoms with Crippen molar-refractivity contribution in [2.45, 2.75) is 0 Å². The monoisotopic (exact) mass is 220 g/mol. The van der Waals surface area contributed by atoms with E-state index in [1.165, 1.54) is 29.0 Å². The lowest BCUT2D eigenvalue weighted by molar-refractivity contribution is 0.0999. The number of aryl methyl sites for hydroxylation is 1. The Morgan fingerprint density at radius 3 is 2.75 bits per heavy atom. The highest BCUT2D eigenvalue weighted by Gasteiger charge is 2.11. The summed E-state index contributed by atoms with van der Waals surface area (Å²) in [6.45, 7) is 0. The Kier molecular flexibility index (Phi) is 2.23. The number of nitrogens with two attached hydrogens (primary N) is 1. The van der Waals surface area contributed by atoms with Crippen LogP contribution in [0.5, 0.6) is 0 Å². The predicted molar refractivity (Wildman–Crippen MR) is 57.7 cm³/mol. The van der Waals surface area contributed by atoms with E-state index in [9.17, 15) is 14.0 Å². The Hall–Kier alpha value is -2.17. The summed E-state index contributed by atoms with van der Waals surface area (Å²) in [7, 11) is 1.62. The van der Waals surface area contributed by atoms with Crippen molar-refractivity contribution < 1.29 is 9.18 Å². The van der Waals surface area contributed by atoms with Crippen LogP contribution in [0, 0.1) is 5.82 Å². The van der Waals surface area contributed by atoms with Crippen molar-refractivity contribution in [2.75, 3.05) is 0 Å². The fraction of sp³-hybridized carbons (Fsp3) is 0.0909. The molecule has 0 radical (unpaired) electrons. The number of primary amides is 1. The number of rotatable bonds is 1. The van der Waals surface area contributed by atoms with Crippen LogP contribution in [0.15, 0.2) is 29.2 Å². The minimum Gasteiger partial charge on any atom is -0.365 e. The Morgan fingerprint density at radius 1 is 1.44 bits per heavy atom. The number of pyridine rings is 1. The van der Waals surface area contributed by atoms with Crippen LogP contribution in [-0.4, -0.2) is 10.5 Å². The van der Waals surface area contributed by atoms with Gasteiger partial charge in [0, 0.05) is 18.6 Å². The largest absolute Gasteiger partial charge is 0.365 e. The second kappa shape index (κ2) is 3.44. The molecule has 0 aliphatic heterocycles. The molecule has 5 heteroatoms. The maximum absolute atomic E-state index is 13.0. The van der Waals surface area contributed by atoms with Crippen molar-refractivity contribution in [1.29, 1.82) is 0 Å². The van der Waals surface area contributed by atoms with E-state index >= 15 is 0 Å². The first-order valence-electron chi connectivity index (χ1n) is 4.59. The van der Waals surface area contributed by atoms with E-state index in [0.717, 1.165) is 0 Å². The van der Waals surface area contributed by atoms with Crippen LogP contribution >= 0.6 is 0 Å². The Bertz CT molecular complexity index is 646. The van der Waals surface area contributed by atoms with Crippen LogP contribution in [-0.2, 0) is 7.05 Å². The predicted octanol–water partition coefficient (Wildman–Crippen LogP) is 0.776. The summed E-state index contributed by atoms with van der Waals surface area (Å²) in [5, 5.41) is 0.278. The third-order valence-corrected chi connectivity index (χ3v) is 2.42. The highest BCUT2D eigenvalue weighted by molar-refractivity contribution is 5.96. The Balaban J connectivity index is 2.96. The van der Waals surface area contributed by atoms with Crippen LogP contribution in [0.1, 0.15) is 10.4 Å². The smallest absolute Gasteiger partial charge is 0.254 e. The normalized spacial score (nSPS) is 10.6. The number of fused-ring (bicyclic) bond motifs is 1. The van der Waals surface area contributed by atoms with Gasteiger partial charge in [0.1, 0.15) is 11.4 Å². The molecule has 0 fully saturated rings. The number of benzene rings is 1. The average Bonchev–Trinajstić information content (AvgIpc) is 2.22. The molecule has 16 heavy (non-hydrogen) atoms. The van der Waals surface area contributed by atoms with Gasteiger partial charge in [0.05, 0.1) is 5.52 Å². The minimum atomic E-state index is -0.785. The van der Waals surface area contributed by atoms with Crippen molar-refractivity contribution in [3.05, 3.63) is 46.0 Å². The third-order valence-electron chi connectivity index (χ3n) is 2.42. The second-order valence-corrected chi connectivity index (χ2v) is 3.51. The van der Waals surface area contributed by atoms with Crippen molar-refractivity contribution in [3.8, 4) is 0 Å². The zero-order valence-electron chi connectivity index (χ0n) is 8.53. The summed E-state index contributed by atoms with van der Waals surface area (Å²) in [6, 6.07) is 3.76. The van der Waals surface area contributed by atoms with Crippen LogP contribution in [0.4, 0.5) is 4.39 Å². The van der Waals surface area contributed by atoms with Crippen LogP contribution in [0.25, 0.3) is 10.9 Å². The van der Waals surface area contributed by atoms with E-state index in [-0.39, 0.29) is 10.9 Å². The summed E-state index contributed by atoms with van der Waals surface area (Å²) in [5.74, 6) is -1.22. The summed E-state index contributed by atoms with van der Waals surface area (Å²) < 4.78 is 14.5. The number of carbonyl (C=O) groups is 1. The van der Waals surface area contributed by atoms with Gasteiger partial charge in [0.25, 0.3) is 5.91 Å². The van der Waals surface area contributed by atoms with Crippen molar-refractivity contribution in [2.24, 2.45) is 12.8 Å². The van der Waals surface area contributed by atoms with Gasteiger partial charge in [-0.25, -0.2) is 4.39 Å². The summed E-state index contributed by atoms with van der Waals surface area (Å²) >= 11 is 0. The van der Waals surface area contributed by atoms with Crippen LogP contribution in [0.3, 0.4) is 0 Å². The Morgan fingerprint density at radius 2 is 2.12 bits per heavy atom. The van der Waals surface area contributed by atoms with E-state index in [1.54, 1.807) is 7.05 Å². The van der Waals surface area contributed by atoms with Gasteiger partial charge in [-0.05, 0) is 18.2 Å². The lowest BCUT2D eigenvalue weighted by Crippen LogP contribution is -2.23. The maximum Gasteiger partial charge on any atom is 0.254 e. The van der Waals surface area contributed by atoms with Crippen LogP contribution in [0.2, 0.25) is 0 Å². The van der Waals surface area contributed by atoms with Gasteiger partial charge in [0.15, 0.2) is 0 Å². The number of carbonyl (C=O) groups excluding carboxylic acids is 1. The molecule has 2 rings (SSSR count). The lowest BCUT2D eigenvalue weighted by Gasteiger charge is -2.06. The van der Waals surface area contributed by atoms with E-state index in [0.29, 0.717) is 5.52 Å². The standard InChI is InChI=1S/C11H9FN2O2/c1-14-5-8(11(13)16)10(15)7-3-2-6(12)4-9(7)14/h2-5H,1H3,(H2,13,16). The molecule has 0 unspecified atom stereocenters. The minimum absolute atomic E-state index is 0.0957. The molecule has 82 valence electrons. The van der Waals surface area contributed by atoms with E-state index in [4.69, 9.17) is 5.73 Å². The number of halogens is 1. The zero-order valence-corrected chi connectivity index (χ0v) is 8.53. The topological polar surface area (TPSA) is 65.1 Å². The van der Waals surface area contributed by atoms with Gasteiger partial charge in [-0.2, -0.15) is 0 Å². The molecule has 0 saturated carbocycles. The Labute approximate surface area is 90.1 Å². The highest BCUT2D eigenvalue weighted by Crippen LogP contribution is 2.12. The summed E-state index contributed by atoms with van der Waals surface area (Å²) in [4.78, 5) is 22.8. The molecule has 0 spiro atoms. The molecule has 4 nitrogen and oxygen atoms in total. The van der Waals surface area contributed by atoms with Gasteiger partial charge in [-0.3, -0.25) is 9.59 Å². The quantitative estimate of drug-likeness (QED) is 0.771. The first-order valence-corrected chi connectivity index (χ1v) is 4.59. The fourth-order valence-corrected chi connectivity index (χ4v) is 1.63. The molecule has 1 aromatic heterocycles. The molecule has 2 aromatic rings. The molecule has 0 aliphatic carbocycles. The van der Waals surface area contributed by atoms with Gasteiger partial charge >= 0.3 is 0 Å². The van der Waals surface area contributed by atoms with Gasteiger partial charge in [0.2, 0.25) is 5.43 Å². The summed E-state index contributed by atoms with van der Waals surface area (Å²) in [5.41, 5.74) is 4.94. The first kappa shape index (κ1) is 10.4. The maximum atomic E-state index is 13.0. The molecule has 1 aromatic carbocycles. The molecule has 0 saturated heterocycles. The van der Waals surface area contributed by atoms with Gasteiger partial charge in [-0.1, -0.05) is 0 Å². The molecule has 0 bridgehead atoms. The summed E-state index contributed by atoms with van der Waals surface area (Å²) in [6.07, 6.45) is 1.31. The van der Waals surface area contributed by atoms with E-state index in [2.05, 4.69) is 0 Å². The van der Waals surface area contributed by atoms with Crippen molar-refractivity contribution in [3.63, 3.8) is 0 Å². The lowest BCUT2D eigenvalue weighted by atomic mass is 10.1. The third kappa shape index (κ3) is 1.46. The van der Waals surface area contributed by atoms with E-state index < -0.39 is 17.2 Å². The van der Waals surface area contributed by atoms with Crippen molar-refractivity contribution in [1.82, 2.24) is 4.57 Å². The first-order chi connectivity index (χ1) is 7.50. The van der Waals surface area contributed by atoms with E-state index in [1.807, 2.05) is 0 Å². The van der Waals surface area contributed by atoms with Crippen molar-refractivity contribution >= 4 is 16.8 Å².